The summed E-state index contributed by atoms with van der Waals surface area (Å²) in [5, 5.41) is 2.72. The van der Waals surface area contributed by atoms with Gasteiger partial charge in [0, 0.05) is 16.8 Å². The Hall–Kier alpha value is -2.43. The van der Waals surface area contributed by atoms with E-state index in [0.717, 1.165) is 12.1 Å². The van der Waals surface area contributed by atoms with Crippen molar-refractivity contribution in [3.05, 3.63) is 76.9 Å². The second-order valence-electron chi connectivity index (χ2n) is 8.06. The minimum absolute atomic E-state index is 0. The first-order valence-electron chi connectivity index (χ1n) is 10.5. The monoisotopic (exact) mass is 605 g/mol. The van der Waals surface area contributed by atoms with Crippen molar-refractivity contribution in [2.45, 2.75) is 9.79 Å². The third-order valence-corrected chi connectivity index (χ3v) is 8.65. The second kappa shape index (κ2) is 11.2. The molecule has 0 aromatic heterocycles. The van der Waals surface area contributed by atoms with Gasteiger partial charge in [-0.25, -0.2) is 13.0 Å². The van der Waals surface area contributed by atoms with Gasteiger partial charge in [-0.05, 0) is 24.3 Å². The van der Waals surface area contributed by atoms with E-state index in [4.69, 9.17) is 15.5 Å². The number of benzene rings is 3. The number of nitrogen functional groups attached to an aromatic ring is 1. The molecule has 3 aromatic carbocycles. The van der Waals surface area contributed by atoms with E-state index in [0.29, 0.717) is 0 Å². The molecule has 1 aliphatic rings. The number of anilines is 3. The molecule has 1 aliphatic carbocycles. The van der Waals surface area contributed by atoms with Gasteiger partial charge >= 0.3 is 37.4 Å². The maximum atomic E-state index is 13.4. The maximum Gasteiger partial charge on any atom is 1.00 e. The van der Waals surface area contributed by atoms with E-state index < -0.39 is 67.9 Å². The topological polar surface area (TPSA) is 227 Å². The fourth-order valence-corrected chi connectivity index (χ4v) is 6.14. The van der Waals surface area contributed by atoms with E-state index in [-0.39, 0.29) is 62.5 Å². The molecule has 17 heteroatoms. The van der Waals surface area contributed by atoms with Gasteiger partial charge in [0.05, 0.1) is 39.8 Å². The van der Waals surface area contributed by atoms with E-state index in [1.807, 2.05) is 0 Å². The van der Waals surface area contributed by atoms with Gasteiger partial charge in [-0.1, -0.05) is 30.3 Å². The van der Waals surface area contributed by atoms with Gasteiger partial charge in [-0.2, -0.15) is 8.42 Å². The van der Waals surface area contributed by atoms with E-state index in [1.165, 1.54) is 42.5 Å². The van der Waals surface area contributed by atoms with Crippen LogP contribution in [0.2, 0.25) is 0 Å². The Morgan fingerprint density at radius 3 is 2.05 bits per heavy atom. The number of fused-ring (bicyclic) bond motifs is 2. The molecular weight excluding hydrogens is 586 g/mol. The summed E-state index contributed by atoms with van der Waals surface area (Å²) in [5.41, 5.74) is 4.41. The van der Waals surface area contributed by atoms with Crippen molar-refractivity contribution < 1.29 is 79.4 Å². The molecule has 0 bridgehead atoms. The minimum atomic E-state index is -4.96. The summed E-state index contributed by atoms with van der Waals surface area (Å²) in [5.74, 6) is -2.18. The van der Waals surface area contributed by atoms with E-state index >= 15 is 0 Å². The van der Waals surface area contributed by atoms with Gasteiger partial charge in [0.2, 0.25) is 0 Å². The van der Waals surface area contributed by atoms with E-state index in [2.05, 4.69) is 9.84 Å². The SMILES string of the molecule is Nc1c(S(=O)(=O)O)cc(Nc2cccc(S(=O)(=O)CCOP(=O)(O)O)c2)c2c1C(=O)c1ccccc1C2=O.[Na+]. The zero-order valence-corrected chi connectivity index (χ0v) is 24.6. The molecule has 0 fully saturated rings. The summed E-state index contributed by atoms with van der Waals surface area (Å²) in [6.45, 7) is -0.788. The van der Waals surface area contributed by atoms with Gasteiger partial charge in [0.1, 0.15) is 4.90 Å². The van der Waals surface area contributed by atoms with Crippen LogP contribution in [0.25, 0.3) is 0 Å². The molecule has 0 saturated heterocycles. The van der Waals surface area contributed by atoms with Crippen LogP contribution in [-0.4, -0.2) is 55.1 Å². The number of carbonyl (C=O) groups excluding carboxylic acids is 2. The van der Waals surface area contributed by atoms with Gasteiger partial charge < -0.3 is 20.8 Å². The predicted molar refractivity (Wildman–Crippen MR) is 134 cm³/mol. The summed E-state index contributed by atoms with van der Waals surface area (Å²) < 4.78 is 74.1. The number of hydrogen-bond donors (Lipinski definition) is 5. The van der Waals surface area contributed by atoms with Crippen LogP contribution in [0, 0.1) is 0 Å². The second-order valence-corrected chi connectivity index (χ2v) is 12.8. The molecule has 0 heterocycles. The molecule has 200 valence electrons. The van der Waals surface area contributed by atoms with Crippen LogP contribution in [-0.2, 0) is 29.0 Å². The van der Waals surface area contributed by atoms with Crippen LogP contribution in [0.3, 0.4) is 0 Å². The number of hydrogen-bond acceptors (Lipinski definition) is 10. The van der Waals surface area contributed by atoms with E-state index in [9.17, 15) is 35.5 Å². The fraction of sp³-hybridized carbons (Fsp3) is 0.0909. The zero-order valence-electron chi connectivity index (χ0n) is 20.1. The van der Waals surface area contributed by atoms with Gasteiger partial charge in [0.25, 0.3) is 10.1 Å². The first kappa shape index (κ1) is 31.1. The number of phosphoric acid groups is 1. The van der Waals surface area contributed by atoms with Crippen LogP contribution >= 0.6 is 7.82 Å². The third-order valence-electron chi connectivity index (χ3n) is 5.56. The molecule has 39 heavy (non-hydrogen) atoms. The summed E-state index contributed by atoms with van der Waals surface area (Å²) in [6.07, 6.45) is 0. The largest absolute Gasteiger partial charge is 1.00 e. The number of nitrogens with two attached hydrogens (primary N) is 1. The van der Waals surface area contributed by atoms with Crippen molar-refractivity contribution in [1.82, 2.24) is 0 Å². The molecule has 4 rings (SSSR count). The van der Waals surface area contributed by atoms with E-state index in [1.54, 1.807) is 0 Å². The summed E-state index contributed by atoms with van der Waals surface area (Å²) in [4.78, 5) is 43.0. The molecule has 13 nitrogen and oxygen atoms in total. The number of nitrogens with one attached hydrogen (secondary N) is 1. The molecule has 0 unspecified atom stereocenters. The molecule has 0 spiro atoms. The Morgan fingerprint density at radius 1 is 0.897 bits per heavy atom. The van der Waals surface area contributed by atoms with Crippen molar-refractivity contribution in [3.8, 4) is 0 Å². The Kier molecular flexibility index (Phi) is 8.94. The summed E-state index contributed by atoms with van der Waals surface area (Å²) >= 11 is 0. The first-order valence-corrected chi connectivity index (χ1v) is 15.1. The van der Waals surface area contributed by atoms with Crippen LogP contribution in [0.1, 0.15) is 31.8 Å². The van der Waals surface area contributed by atoms with Crippen molar-refractivity contribution in [2.75, 3.05) is 23.4 Å². The Bertz CT molecular complexity index is 1770. The number of phosphoric ester groups is 1. The number of sulfone groups is 1. The standard InChI is InChI=1S/C22H19N2O11PS2.Na/c23-20-17(38(32,33)34)11-16(18-19(20)22(26)15-7-2-1-6-14(15)21(18)25)24-12-4-3-5-13(10-12)37(30,31)9-8-35-36(27,28)29;/h1-7,10-11,24H,8-9,23H2,(H2,27,28,29)(H,32,33,34);/q;+1. The van der Waals surface area contributed by atoms with Crippen LogP contribution in [0.15, 0.2) is 64.4 Å². The normalized spacial score (nSPS) is 13.3. The maximum absolute atomic E-state index is 13.4. The van der Waals surface area contributed by atoms with Crippen LogP contribution < -0.4 is 40.6 Å². The fourth-order valence-electron chi connectivity index (χ4n) is 3.91. The molecule has 6 N–H and O–H groups in total. The summed E-state index contributed by atoms with van der Waals surface area (Å²) in [7, 11) is -13.9. The minimum Gasteiger partial charge on any atom is -0.397 e. The van der Waals surface area contributed by atoms with Crippen molar-refractivity contribution in [3.63, 3.8) is 0 Å². The van der Waals surface area contributed by atoms with Crippen molar-refractivity contribution >= 4 is 56.4 Å². The number of carbonyl (C=O) groups is 2. The Labute approximate surface area is 244 Å². The first-order chi connectivity index (χ1) is 17.6. The number of rotatable bonds is 8. The number of ketones is 2. The third kappa shape index (κ3) is 6.49. The van der Waals surface area contributed by atoms with Crippen LogP contribution in [0.4, 0.5) is 17.1 Å². The zero-order chi connectivity index (χ0) is 28.0. The smallest absolute Gasteiger partial charge is 0.397 e. The molecule has 0 aliphatic heterocycles. The Balaban J connectivity index is 0.00000420. The van der Waals surface area contributed by atoms with Gasteiger partial charge in [0.15, 0.2) is 21.4 Å². The van der Waals surface area contributed by atoms with Crippen molar-refractivity contribution in [2.24, 2.45) is 0 Å². The van der Waals surface area contributed by atoms with Crippen LogP contribution in [0.5, 0.6) is 0 Å². The van der Waals surface area contributed by atoms with Gasteiger partial charge in [-0.3, -0.25) is 18.7 Å². The predicted octanol–water partition coefficient (Wildman–Crippen LogP) is -1.08. The average molecular weight is 605 g/mol. The van der Waals surface area contributed by atoms with Crippen molar-refractivity contribution in [1.29, 1.82) is 0 Å². The Morgan fingerprint density at radius 2 is 1.49 bits per heavy atom. The quantitative estimate of drug-likeness (QED) is 0.0698. The molecule has 0 radical (unpaired) electrons. The average Bonchev–Trinajstić information content (AvgIpc) is 2.82. The molecule has 0 amide bonds. The van der Waals surface area contributed by atoms with Gasteiger partial charge in [-0.15, -0.1) is 0 Å². The summed E-state index contributed by atoms with van der Waals surface area (Å²) in [6, 6.07) is 11.7. The molecular formula is C22H19N2NaO11PS2+. The molecule has 0 atom stereocenters. The molecule has 3 aromatic rings. The molecule has 0 saturated carbocycles.